The zero-order valence-electron chi connectivity index (χ0n) is 11.9. The number of fused-ring (bicyclic) bond motifs is 4. The fourth-order valence-corrected chi connectivity index (χ4v) is 3.46. The van der Waals surface area contributed by atoms with E-state index in [-0.39, 0.29) is 18.4 Å². The van der Waals surface area contributed by atoms with Crippen LogP contribution in [0.5, 0.6) is 11.5 Å². The van der Waals surface area contributed by atoms with Crippen molar-refractivity contribution in [1.82, 2.24) is 4.90 Å². The summed E-state index contributed by atoms with van der Waals surface area (Å²) in [4.78, 5) is 13.0. The van der Waals surface area contributed by atoms with Crippen LogP contribution in [0.2, 0.25) is 0 Å². The average molecular weight is 304 g/mol. The van der Waals surface area contributed by atoms with Crippen molar-refractivity contribution in [3.05, 3.63) is 33.5 Å². The maximum atomic E-state index is 11.3. The molecule has 1 unspecified atom stereocenters. The summed E-state index contributed by atoms with van der Waals surface area (Å²) >= 11 is 0. The van der Waals surface area contributed by atoms with E-state index in [1.54, 1.807) is 12.1 Å². The summed E-state index contributed by atoms with van der Waals surface area (Å²) in [5.41, 5.74) is 1.17. The number of nitrogens with zero attached hydrogens (tertiary/aromatic N) is 2. The fraction of sp³-hybridized carbons (Fsp3) is 0.467. The Morgan fingerprint density at radius 3 is 2.59 bits per heavy atom. The maximum absolute atomic E-state index is 11.3. The molecule has 4 heterocycles. The van der Waals surface area contributed by atoms with Crippen LogP contribution in [0, 0.1) is 16.0 Å². The summed E-state index contributed by atoms with van der Waals surface area (Å²) in [6, 6.07) is 3.00. The van der Waals surface area contributed by atoms with E-state index in [0.29, 0.717) is 17.1 Å². The highest BCUT2D eigenvalue weighted by Crippen LogP contribution is 2.41. The highest BCUT2D eigenvalue weighted by molar-refractivity contribution is 5.69. The first-order valence-corrected chi connectivity index (χ1v) is 7.36. The van der Waals surface area contributed by atoms with Crippen LogP contribution in [-0.4, -0.2) is 40.9 Å². The number of hydrogen-bond acceptors (Lipinski definition) is 6. The molecule has 0 saturated carbocycles. The molecule has 0 aliphatic carbocycles. The van der Waals surface area contributed by atoms with Crippen molar-refractivity contribution < 1.29 is 19.5 Å². The molecular formula is C15H16N2O5. The number of hydrogen-bond donors (Lipinski definition) is 1. The molecule has 3 fully saturated rings. The molecule has 5 rings (SSSR count). The van der Waals surface area contributed by atoms with Crippen LogP contribution in [0.1, 0.15) is 18.4 Å². The number of benzene rings is 1. The zero-order chi connectivity index (χ0) is 15.3. The van der Waals surface area contributed by atoms with E-state index < -0.39 is 11.0 Å². The summed E-state index contributed by atoms with van der Waals surface area (Å²) in [6.07, 6.45) is 3.12. The lowest BCUT2D eigenvalue weighted by molar-refractivity contribution is -0.385. The van der Waals surface area contributed by atoms with Gasteiger partial charge in [0.05, 0.1) is 22.7 Å². The average Bonchev–Trinajstić information content (AvgIpc) is 2.97. The molecule has 1 aromatic carbocycles. The summed E-state index contributed by atoms with van der Waals surface area (Å²) < 4.78 is 10.5. The number of nitro benzene ring substituents is 1. The minimum Gasteiger partial charge on any atom is -0.454 e. The van der Waals surface area contributed by atoms with Gasteiger partial charge in [0.1, 0.15) is 0 Å². The fourth-order valence-electron chi connectivity index (χ4n) is 3.46. The van der Waals surface area contributed by atoms with Crippen molar-refractivity contribution in [2.24, 2.45) is 5.92 Å². The van der Waals surface area contributed by atoms with Crippen molar-refractivity contribution in [2.45, 2.75) is 18.9 Å². The third-order valence-electron chi connectivity index (χ3n) is 4.68. The molecule has 2 bridgehead atoms. The topological polar surface area (TPSA) is 85.1 Å². The first kappa shape index (κ1) is 13.4. The van der Waals surface area contributed by atoms with E-state index in [9.17, 15) is 15.2 Å². The highest BCUT2D eigenvalue weighted by Gasteiger charge is 2.37. The lowest BCUT2D eigenvalue weighted by Crippen LogP contribution is -2.48. The quantitative estimate of drug-likeness (QED) is 0.662. The second kappa shape index (κ2) is 4.88. The molecular weight excluding hydrogens is 288 g/mol. The second-order valence-electron chi connectivity index (χ2n) is 5.86. The van der Waals surface area contributed by atoms with Crippen LogP contribution in [-0.2, 0) is 0 Å². The number of rotatable bonds is 2. The molecule has 1 atom stereocenters. The van der Waals surface area contributed by atoms with Gasteiger partial charge >= 0.3 is 0 Å². The van der Waals surface area contributed by atoms with Crippen LogP contribution in [0.15, 0.2) is 17.8 Å². The number of ether oxygens (including phenoxy) is 2. The van der Waals surface area contributed by atoms with Gasteiger partial charge < -0.3 is 19.5 Å². The largest absolute Gasteiger partial charge is 0.454 e. The van der Waals surface area contributed by atoms with Gasteiger partial charge in [-0.15, -0.1) is 0 Å². The van der Waals surface area contributed by atoms with Gasteiger partial charge in [0, 0.05) is 18.8 Å². The molecule has 3 saturated heterocycles. The molecule has 0 radical (unpaired) electrons. The van der Waals surface area contributed by atoms with Crippen LogP contribution in [0.4, 0.5) is 5.69 Å². The summed E-state index contributed by atoms with van der Waals surface area (Å²) in [6.45, 7) is 1.86. The summed E-state index contributed by atoms with van der Waals surface area (Å²) in [5, 5.41) is 21.7. The lowest BCUT2D eigenvalue weighted by Gasteiger charge is -2.45. The molecule has 1 aromatic rings. The molecule has 0 aromatic heterocycles. The Morgan fingerprint density at radius 1 is 1.27 bits per heavy atom. The Bertz CT molecular complexity index is 660. The third-order valence-corrected chi connectivity index (χ3v) is 4.68. The van der Waals surface area contributed by atoms with Crippen molar-refractivity contribution >= 4 is 11.8 Å². The van der Waals surface area contributed by atoms with Crippen LogP contribution >= 0.6 is 0 Å². The first-order valence-electron chi connectivity index (χ1n) is 7.36. The van der Waals surface area contributed by atoms with Gasteiger partial charge in [-0.3, -0.25) is 10.1 Å². The Morgan fingerprint density at radius 2 is 1.95 bits per heavy atom. The molecule has 22 heavy (non-hydrogen) atoms. The Hall–Kier alpha value is -2.28. The number of nitro groups is 1. The molecule has 116 valence electrons. The van der Waals surface area contributed by atoms with Crippen LogP contribution in [0.3, 0.4) is 0 Å². The molecule has 4 aliphatic heterocycles. The van der Waals surface area contributed by atoms with Gasteiger partial charge in [-0.05, 0) is 30.9 Å². The Labute approximate surface area is 126 Å². The summed E-state index contributed by atoms with van der Waals surface area (Å²) in [5.74, 6) is 1.15. The van der Waals surface area contributed by atoms with E-state index in [4.69, 9.17) is 9.47 Å². The summed E-state index contributed by atoms with van der Waals surface area (Å²) in [7, 11) is 0. The molecule has 0 amide bonds. The van der Waals surface area contributed by atoms with E-state index in [0.717, 1.165) is 31.6 Å². The van der Waals surface area contributed by atoms with Crippen molar-refractivity contribution in [3.8, 4) is 11.5 Å². The SMILES string of the molecule is O=[N+]([O-])c1cc2c(cc1/C=C1\C(O)C3CCN1CC3)OCO2. The van der Waals surface area contributed by atoms with Crippen molar-refractivity contribution in [3.63, 3.8) is 0 Å². The normalized spacial score (nSPS) is 27.5. The third kappa shape index (κ3) is 2.00. The van der Waals surface area contributed by atoms with Gasteiger partial charge in [0.15, 0.2) is 11.5 Å². The van der Waals surface area contributed by atoms with E-state index in [1.165, 1.54) is 6.07 Å². The molecule has 4 aliphatic rings. The van der Waals surface area contributed by atoms with Gasteiger partial charge in [0.25, 0.3) is 5.69 Å². The standard InChI is InChI=1S/C15H16N2O5/c18-15-9-1-3-16(4-2-9)12(15)5-10-6-13-14(22-8-21-13)7-11(10)17(19)20/h5-7,9,15,18H,1-4,8H2/b12-5+. The Balaban J connectivity index is 1.79. The minimum atomic E-state index is -0.549. The smallest absolute Gasteiger partial charge is 0.280 e. The highest BCUT2D eigenvalue weighted by atomic mass is 16.7. The minimum absolute atomic E-state index is 0.0356. The Kier molecular flexibility index (Phi) is 2.97. The van der Waals surface area contributed by atoms with Crippen LogP contribution in [0.25, 0.3) is 6.08 Å². The number of aliphatic hydroxyl groups is 1. The second-order valence-corrected chi connectivity index (χ2v) is 5.86. The van der Waals surface area contributed by atoms with Gasteiger partial charge in [0.2, 0.25) is 6.79 Å². The lowest BCUT2D eigenvalue weighted by atomic mass is 9.83. The maximum Gasteiger partial charge on any atom is 0.280 e. The number of piperidine rings is 3. The van der Waals surface area contributed by atoms with Gasteiger partial charge in [-0.1, -0.05) is 0 Å². The predicted octanol–water partition coefficient (Wildman–Crippen LogP) is 1.75. The van der Waals surface area contributed by atoms with Gasteiger partial charge in [-0.25, -0.2) is 0 Å². The van der Waals surface area contributed by atoms with Crippen molar-refractivity contribution in [1.29, 1.82) is 0 Å². The molecule has 0 spiro atoms. The van der Waals surface area contributed by atoms with Crippen molar-refractivity contribution in [2.75, 3.05) is 19.9 Å². The van der Waals surface area contributed by atoms with E-state index in [2.05, 4.69) is 4.90 Å². The van der Waals surface area contributed by atoms with E-state index in [1.807, 2.05) is 0 Å². The first-order chi connectivity index (χ1) is 10.6. The zero-order valence-corrected chi connectivity index (χ0v) is 11.9. The monoisotopic (exact) mass is 304 g/mol. The van der Waals surface area contributed by atoms with Crippen LogP contribution < -0.4 is 9.47 Å². The molecule has 7 heteroatoms. The molecule has 1 N–H and O–H groups in total. The van der Waals surface area contributed by atoms with Gasteiger partial charge in [-0.2, -0.15) is 0 Å². The number of aliphatic hydroxyl groups excluding tert-OH is 1. The predicted molar refractivity (Wildman–Crippen MR) is 77.5 cm³/mol. The van der Waals surface area contributed by atoms with E-state index >= 15 is 0 Å². The molecule has 7 nitrogen and oxygen atoms in total.